The van der Waals surface area contributed by atoms with Gasteiger partial charge in [-0.1, -0.05) is 6.07 Å². The second kappa shape index (κ2) is 6.74. The van der Waals surface area contributed by atoms with Crippen LogP contribution in [0, 0.1) is 0 Å². The van der Waals surface area contributed by atoms with Crippen molar-refractivity contribution in [3.05, 3.63) is 53.6 Å². The summed E-state index contributed by atoms with van der Waals surface area (Å²) in [6.07, 6.45) is -3.09. The molecule has 26 heavy (non-hydrogen) atoms. The Morgan fingerprint density at radius 1 is 1.12 bits per heavy atom. The maximum atomic E-state index is 12.7. The molecule has 0 amide bonds. The molecule has 3 N–H and O–H groups in total. The Labute approximate surface area is 148 Å². The first-order valence-corrected chi connectivity index (χ1v) is 8.15. The first-order valence-electron chi connectivity index (χ1n) is 8.15. The fourth-order valence-electron chi connectivity index (χ4n) is 2.56. The molecule has 1 heterocycles. The van der Waals surface area contributed by atoms with Crippen LogP contribution in [-0.4, -0.2) is 22.2 Å². The molecule has 0 saturated heterocycles. The van der Waals surface area contributed by atoms with E-state index in [1.807, 2.05) is 12.1 Å². The Bertz CT molecular complexity index is 899. The van der Waals surface area contributed by atoms with E-state index in [9.17, 15) is 18.3 Å². The predicted molar refractivity (Wildman–Crippen MR) is 92.4 cm³/mol. The number of benzene rings is 2. The summed E-state index contributed by atoms with van der Waals surface area (Å²) in [5.74, 6) is 0.268. The second-order valence-corrected chi connectivity index (χ2v) is 6.71. The number of fused-ring (bicyclic) bond motifs is 1. The number of hydrogen-bond donors (Lipinski definition) is 2. The van der Waals surface area contributed by atoms with E-state index in [0.29, 0.717) is 29.5 Å². The minimum atomic E-state index is -4.37. The van der Waals surface area contributed by atoms with E-state index >= 15 is 0 Å². The molecule has 3 aromatic rings. The van der Waals surface area contributed by atoms with Crippen LogP contribution in [0.25, 0.3) is 22.6 Å². The van der Waals surface area contributed by atoms with E-state index in [1.54, 1.807) is 13.0 Å². The molecule has 7 heteroatoms. The average molecular weight is 364 g/mol. The van der Waals surface area contributed by atoms with Gasteiger partial charge in [0.1, 0.15) is 5.52 Å². The van der Waals surface area contributed by atoms with Gasteiger partial charge in [0.15, 0.2) is 5.58 Å². The zero-order chi connectivity index (χ0) is 18.9. The van der Waals surface area contributed by atoms with Gasteiger partial charge in [0, 0.05) is 11.1 Å². The molecule has 1 aromatic heterocycles. The Morgan fingerprint density at radius 3 is 2.42 bits per heavy atom. The van der Waals surface area contributed by atoms with Crippen molar-refractivity contribution in [2.45, 2.75) is 31.5 Å². The van der Waals surface area contributed by atoms with Gasteiger partial charge < -0.3 is 15.3 Å². The van der Waals surface area contributed by atoms with Crippen LogP contribution >= 0.6 is 0 Å². The number of nitrogens with zero attached hydrogens (tertiary/aromatic N) is 1. The first-order chi connectivity index (χ1) is 12.2. The smallest absolute Gasteiger partial charge is 0.416 e. The van der Waals surface area contributed by atoms with E-state index in [0.717, 1.165) is 17.7 Å². The summed E-state index contributed by atoms with van der Waals surface area (Å²) in [5, 5.41) is 9.22. The van der Waals surface area contributed by atoms with Gasteiger partial charge in [0.2, 0.25) is 5.89 Å². The van der Waals surface area contributed by atoms with E-state index in [4.69, 9.17) is 10.2 Å². The van der Waals surface area contributed by atoms with Gasteiger partial charge in [-0.25, -0.2) is 4.98 Å². The van der Waals surface area contributed by atoms with Crippen LogP contribution in [0.15, 0.2) is 46.9 Å². The van der Waals surface area contributed by atoms with Gasteiger partial charge in [-0.3, -0.25) is 0 Å². The van der Waals surface area contributed by atoms with Crippen LogP contribution < -0.4 is 5.73 Å². The SMILES string of the molecule is C[C@](N)(CO)CCc1ccc2oc(-c3ccc(C(F)(F)F)cc3)nc2c1. The van der Waals surface area contributed by atoms with Crippen LogP contribution in [0.1, 0.15) is 24.5 Å². The third-order valence-corrected chi connectivity index (χ3v) is 4.26. The van der Waals surface area contributed by atoms with Crippen LogP contribution in [0.4, 0.5) is 13.2 Å². The number of aliphatic hydroxyl groups is 1. The lowest BCUT2D eigenvalue weighted by Gasteiger charge is -2.21. The molecule has 0 aliphatic rings. The number of alkyl halides is 3. The van der Waals surface area contributed by atoms with E-state index in [2.05, 4.69) is 4.98 Å². The molecule has 4 nitrogen and oxygen atoms in total. The number of aromatic nitrogens is 1. The maximum Gasteiger partial charge on any atom is 0.416 e. The molecule has 0 aliphatic carbocycles. The number of nitrogens with two attached hydrogens (primary N) is 1. The monoisotopic (exact) mass is 364 g/mol. The lowest BCUT2D eigenvalue weighted by molar-refractivity contribution is -0.137. The molecule has 1 atom stereocenters. The fourth-order valence-corrected chi connectivity index (χ4v) is 2.56. The summed E-state index contributed by atoms with van der Waals surface area (Å²) in [5.41, 5.74) is 7.23. The zero-order valence-corrected chi connectivity index (χ0v) is 14.2. The van der Waals surface area contributed by atoms with Crippen LogP contribution in [0.5, 0.6) is 0 Å². The minimum absolute atomic E-state index is 0.0999. The first kappa shape index (κ1) is 18.4. The molecule has 0 unspecified atom stereocenters. The van der Waals surface area contributed by atoms with Crippen molar-refractivity contribution in [2.24, 2.45) is 5.73 Å². The summed E-state index contributed by atoms with van der Waals surface area (Å²) in [6, 6.07) is 10.2. The third-order valence-electron chi connectivity index (χ3n) is 4.26. The van der Waals surface area contributed by atoms with Crippen LogP contribution in [0.3, 0.4) is 0 Å². The van der Waals surface area contributed by atoms with Gasteiger partial charge in [0.05, 0.1) is 12.2 Å². The van der Waals surface area contributed by atoms with E-state index in [1.165, 1.54) is 12.1 Å². The third kappa shape index (κ3) is 4.05. The van der Waals surface area contributed by atoms with Gasteiger partial charge in [-0.05, 0) is 61.7 Å². The quantitative estimate of drug-likeness (QED) is 0.713. The largest absolute Gasteiger partial charge is 0.436 e. The lowest BCUT2D eigenvalue weighted by Crippen LogP contribution is -2.40. The number of halogens is 3. The lowest BCUT2D eigenvalue weighted by atomic mass is 9.95. The Morgan fingerprint density at radius 2 is 1.81 bits per heavy atom. The van der Waals surface area contributed by atoms with Crippen molar-refractivity contribution in [3.63, 3.8) is 0 Å². The summed E-state index contributed by atoms with van der Waals surface area (Å²) < 4.78 is 43.6. The normalized spacial score (nSPS) is 14.5. The number of oxazole rings is 1. The fraction of sp³-hybridized carbons (Fsp3) is 0.316. The molecule has 0 radical (unpaired) electrons. The highest BCUT2D eigenvalue weighted by Crippen LogP contribution is 2.31. The summed E-state index contributed by atoms with van der Waals surface area (Å²) in [4.78, 5) is 4.37. The van der Waals surface area contributed by atoms with Crippen molar-refractivity contribution < 1.29 is 22.7 Å². The number of aryl methyl sites for hydroxylation is 1. The summed E-state index contributed by atoms with van der Waals surface area (Å²) >= 11 is 0. The molecule has 0 saturated carbocycles. The molecule has 0 bridgehead atoms. The van der Waals surface area contributed by atoms with Crippen molar-refractivity contribution in [2.75, 3.05) is 6.61 Å². The van der Waals surface area contributed by atoms with Gasteiger partial charge in [0.25, 0.3) is 0 Å². The molecule has 0 aliphatic heterocycles. The number of aliphatic hydroxyl groups excluding tert-OH is 1. The molecule has 2 aromatic carbocycles. The summed E-state index contributed by atoms with van der Waals surface area (Å²) in [6.45, 7) is 1.68. The Kier molecular flexibility index (Phi) is 4.77. The van der Waals surface area contributed by atoms with Crippen molar-refractivity contribution in [1.82, 2.24) is 4.98 Å². The predicted octanol–water partition coefficient (Wildman–Crippen LogP) is 4.16. The van der Waals surface area contributed by atoms with E-state index in [-0.39, 0.29) is 12.5 Å². The Hall–Kier alpha value is -2.38. The van der Waals surface area contributed by atoms with Crippen LogP contribution in [0.2, 0.25) is 0 Å². The van der Waals surface area contributed by atoms with Crippen LogP contribution in [-0.2, 0) is 12.6 Å². The molecular formula is C19H19F3N2O2. The topological polar surface area (TPSA) is 72.3 Å². The number of rotatable bonds is 5. The van der Waals surface area contributed by atoms with Gasteiger partial charge in [-0.15, -0.1) is 0 Å². The van der Waals surface area contributed by atoms with E-state index < -0.39 is 17.3 Å². The van der Waals surface area contributed by atoms with Crippen molar-refractivity contribution in [1.29, 1.82) is 0 Å². The average Bonchev–Trinajstić information content (AvgIpc) is 3.03. The number of hydrogen-bond acceptors (Lipinski definition) is 4. The van der Waals surface area contributed by atoms with Gasteiger partial charge >= 0.3 is 6.18 Å². The molecular weight excluding hydrogens is 345 g/mol. The second-order valence-electron chi connectivity index (χ2n) is 6.71. The molecule has 138 valence electrons. The molecule has 0 spiro atoms. The molecule has 3 rings (SSSR count). The van der Waals surface area contributed by atoms with Crippen molar-refractivity contribution in [3.8, 4) is 11.5 Å². The standard InChI is InChI=1S/C19H19F3N2O2/c1-18(23,11-25)9-8-12-2-7-16-15(10-12)24-17(26-16)13-3-5-14(6-4-13)19(20,21)22/h2-7,10,25H,8-9,11,23H2,1H3/t18-/m1/s1. The minimum Gasteiger partial charge on any atom is -0.436 e. The van der Waals surface area contributed by atoms with Crippen molar-refractivity contribution >= 4 is 11.1 Å². The highest BCUT2D eigenvalue weighted by Gasteiger charge is 2.30. The maximum absolute atomic E-state index is 12.7. The van der Waals surface area contributed by atoms with Gasteiger partial charge in [-0.2, -0.15) is 13.2 Å². The summed E-state index contributed by atoms with van der Waals surface area (Å²) in [7, 11) is 0. The zero-order valence-electron chi connectivity index (χ0n) is 14.2. The highest BCUT2D eigenvalue weighted by molar-refractivity contribution is 5.77. The Balaban J connectivity index is 1.83. The molecule has 0 fully saturated rings. The highest BCUT2D eigenvalue weighted by atomic mass is 19.4.